The van der Waals surface area contributed by atoms with E-state index < -0.39 is 9.84 Å². The van der Waals surface area contributed by atoms with E-state index in [-0.39, 0.29) is 23.5 Å². The van der Waals surface area contributed by atoms with Crippen LogP contribution in [0.15, 0.2) is 6.20 Å². The van der Waals surface area contributed by atoms with Crippen molar-refractivity contribution in [1.29, 1.82) is 0 Å². The van der Waals surface area contributed by atoms with E-state index >= 15 is 0 Å². The zero-order chi connectivity index (χ0) is 16.4. The van der Waals surface area contributed by atoms with Crippen LogP contribution >= 0.6 is 0 Å². The second-order valence-corrected chi connectivity index (χ2v) is 8.11. The molecule has 1 aromatic heterocycles. The molecule has 0 aromatic carbocycles. The quantitative estimate of drug-likeness (QED) is 0.757. The first-order chi connectivity index (χ1) is 10.9. The minimum atomic E-state index is -2.93. The third-order valence-corrected chi connectivity index (χ3v) is 5.91. The first-order valence-electron chi connectivity index (χ1n) is 7.60. The SMILES string of the molecule is CC(=O)N1CCN(c2nncc(NC3CCS(=O)(=O)C3)n2)CC1. The molecule has 1 unspecified atom stereocenters. The van der Waals surface area contributed by atoms with Gasteiger partial charge in [0, 0.05) is 39.1 Å². The number of hydrogen-bond acceptors (Lipinski definition) is 8. The highest BCUT2D eigenvalue weighted by molar-refractivity contribution is 7.91. The fraction of sp³-hybridized carbons (Fsp3) is 0.692. The molecule has 2 aliphatic rings. The number of nitrogens with one attached hydrogen (secondary N) is 1. The van der Waals surface area contributed by atoms with Crippen LogP contribution in [0.1, 0.15) is 13.3 Å². The smallest absolute Gasteiger partial charge is 0.247 e. The van der Waals surface area contributed by atoms with Gasteiger partial charge in [-0.05, 0) is 6.42 Å². The van der Waals surface area contributed by atoms with Gasteiger partial charge in [0.15, 0.2) is 15.7 Å². The number of carbonyl (C=O) groups is 1. The highest BCUT2D eigenvalue weighted by Crippen LogP contribution is 2.17. The van der Waals surface area contributed by atoms with Crippen molar-refractivity contribution >= 4 is 27.5 Å². The third kappa shape index (κ3) is 3.87. The number of piperazine rings is 1. The third-order valence-electron chi connectivity index (χ3n) is 4.14. The van der Waals surface area contributed by atoms with Crippen molar-refractivity contribution < 1.29 is 13.2 Å². The van der Waals surface area contributed by atoms with Crippen LogP contribution in [0.2, 0.25) is 0 Å². The van der Waals surface area contributed by atoms with Crippen LogP contribution in [-0.4, -0.2) is 78.1 Å². The highest BCUT2D eigenvalue weighted by atomic mass is 32.2. The van der Waals surface area contributed by atoms with Crippen molar-refractivity contribution in [1.82, 2.24) is 20.1 Å². The Hall–Kier alpha value is -1.97. The van der Waals surface area contributed by atoms with E-state index in [0.29, 0.717) is 44.4 Å². The summed E-state index contributed by atoms with van der Waals surface area (Å²) in [5, 5.41) is 11.1. The van der Waals surface area contributed by atoms with Crippen LogP contribution in [-0.2, 0) is 14.6 Å². The lowest BCUT2D eigenvalue weighted by molar-refractivity contribution is -0.129. The van der Waals surface area contributed by atoms with Gasteiger partial charge in [-0.2, -0.15) is 10.1 Å². The fourth-order valence-corrected chi connectivity index (χ4v) is 4.51. The molecule has 0 saturated carbocycles. The predicted octanol–water partition coefficient (Wildman–Crippen LogP) is -0.861. The number of aromatic nitrogens is 3. The summed E-state index contributed by atoms with van der Waals surface area (Å²) >= 11 is 0. The Kier molecular flexibility index (Phi) is 4.33. The second kappa shape index (κ2) is 6.26. The molecule has 1 N–H and O–H groups in total. The maximum Gasteiger partial charge on any atom is 0.247 e. The molecular formula is C13H20N6O3S. The predicted molar refractivity (Wildman–Crippen MR) is 85.0 cm³/mol. The Morgan fingerprint density at radius 1 is 1.30 bits per heavy atom. The van der Waals surface area contributed by atoms with Gasteiger partial charge in [0.2, 0.25) is 11.9 Å². The van der Waals surface area contributed by atoms with E-state index in [1.54, 1.807) is 11.8 Å². The molecular weight excluding hydrogens is 320 g/mol. The first kappa shape index (κ1) is 15.9. The summed E-state index contributed by atoms with van der Waals surface area (Å²) in [5.41, 5.74) is 0. The van der Waals surface area contributed by atoms with Crippen LogP contribution in [0.25, 0.3) is 0 Å². The Morgan fingerprint density at radius 3 is 2.65 bits per heavy atom. The average Bonchev–Trinajstić information content (AvgIpc) is 2.86. The maximum absolute atomic E-state index is 11.5. The van der Waals surface area contributed by atoms with E-state index in [1.807, 2.05) is 4.90 Å². The summed E-state index contributed by atoms with van der Waals surface area (Å²) in [6, 6.07) is -0.126. The number of anilines is 2. The lowest BCUT2D eigenvalue weighted by atomic mass is 10.3. The second-order valence-electron chi connectivity index (χ2n) is 5.88. The summed E-state index contributed by atoms with van der Waals surface area (Å²) < 4.78 is 23.0. The van der Waals surface area contributed by atoms with Gasteiger partial charge in [-0.3, -0.25) is 4.79 Å². The zero-order valence-electron chi connectivity index (χ0n) is 13.0. The topological polar surface area (TPSA) is 108 Å². The lowest BCUT2D eigenvalue weighted by Gasteiger charge is -2.34. The summed E-state index contributed by atoms with van der Waals surface area (Å²) in [5.74, 6) is 1.44. The van der Waals surface area contributed by atoms with Crippen molar-refractivity contribution in [3.63, 3.8) is 0 Å². The molecule has 126 valence electrons. The molecule has 1 aromatic rings. The number of rotatable bonds is 3. The number of carbonyl (C=O) groups excluding carboxylic acids is 1. The molecule has 1 amide bonds. The minimum absolute atomic E-state index is 0.0709. The molecule has 1 atom stereocenters. The molecule has 0 bridgehead atoms. The Balaban J connectivity index is 1.63. The number of amides is 1. The first-order valence-corrected chi connectivity index (χ1v) is 9.42. The van der Waals surface area contributed by atoms with Crippen molar-refractivity contribution in [2.24, 2.45) is 0 Å². The molecule has 2 aliphatic heterocycles. The molecule has 2 fully saturated rings. The monoisotopic (exact) mass is 340 g/mol. The summed E-state index contributed by atoms with van der Waals surface area (Å²) in [6.07, 6.45) is 2.08. The van der Waals surface area contributed by atoms with E-state index in [2.05, 4.69) is 20.5 Å². The van der Waals surface area contributed by atoms with Crippen molar-refractivity contribution in [3.05, 3.63) is 6.20 Å². The number of nitrogens with zero attached hydrogens (tertiary/aromatic N) is 5. The molecule has 0 spiro atoms. The summed E-state index contributed by atoms with van der Waals surface area (Å²) in [4.78, 5) is 19.5. The van der Waals surface area contributed by atoms with E-state index in [0.717, 1.165) is 0 Å². The van der Waals surface area contributed by atoms with Gasteiger partial charge in [0.25, 0.3) is 0 Å². The van der Waals surface area contributed by atoms with E-state index in [9.17, 15) is 13.2 Å². The standard InChI is InChI=1S/C13H20N6O3S/c1-10(20)18-3-5-19(6-4-18)13-16-12(8-14-17-13)15-11-2-7-23(21,22)9-11/h8,11H,2-7,9H2,1H3,(H,15,16,17). The van der Waals surface area contributed by atoms with Crippen molar-refractivity contribution in [3.8, 4) is 0 Å². The van der Waals surface area contributed by atoms with Crippen LogP contribution < -0.4 is 10.2 Å². The Bertz CT molecular complexity index is 687. The Labute approximate surface area is 135 Å². The van der Waals surface area contributed by atoms with Gasteiger partial charge in [0.1, 0.15) is 0 Å². The number of sulfone groups is 1. The van der Waals surface area contributed by atoms with Gasteiger partial charge < -0.3 is 15.1 Å². The van der Waals surface area contributed by atoms with Gasteiger partial charge in [-0.1, -0.05) is 0 Å². The summed E-state index contributed by atoms with van der Waals surface area (Å²) in [6.45, 7) is 4.15. The number of hydrogen-bond donors (Lipinski definition) is 1. The van der Waals surface area contributed by atoms with Gasteiger partial charge >= 0.3 is 0 Å². The molecule has 10 heteroatoms. The van der Waals surface area contributed by atoms with Gasteiger partial charge in [-0.15, -0.1) is 5.10 Å². The van der Waals surface area contributed by atoms with Crippen LogP contribution in [0, 0.1) is 0 Å². The van der Waals surface area contributed by atoms with Crippen molar-refractivity contribution in [2.45, 2.75) is 19.4 Å². The van der Waals surface area contributed by atoms with Crippen LogP contribution in [0.4, 0.5) is 11.8 Å². The molecule has 0 radical (unpaired) electrons. The van der Waals surface area contributed by atoms with Gasteiger partial charge in [-0.25, -0.2) is 8.42 Å². The molecule has 2 saturated heterocycles. The molecule has 3 heterocycles. The molecule has 3 rings (SSSR count). The molecule has 9 nitrogen and oxygen atoms in total. The summed E-state index contributed by atoms with van der Waals surface area (Å²) in [7, 11) is -2.93. The normalized spacial score (nSPS) is 23.8. The van der Waals surface area contributed by atoms with E-state index in [1.165, 1.54) is 6.20 Å². The van der Waals surface area contributed by atoms with Crippen LogP contribution in [0.3, 0.4) is 0 Å². The average molecular weight is 340 g/mol. The Morgan fingerprint density at radius 2 is 2.04 bits per heavy atom. The zero-order valence-corrected chi connectivity index (χ0v) is 13.8. The maximum atomic E-state index is 11.5. The molecule has 0 aliphatic carbocycles. The largest absolute Gasteiger partial charge is 0.365 e. The fourth-order valence-electron chi connectivity index (χ4n) is 2.84. The van der Waals surface area contributed by atoms with Crippen molar-refractivity contribution in [2.75, 3.05) is 47.9 Å². The lowest BCUT2D eigenvalue weighted by Crippen LogP contribution is -2.48. The molecule has 23 heavy (non-hydrogen) atoms. The van der Waals surface area contributed by atoms with Crippen LogP contribution in [0.5, 0.6) is 0 Å². The highest BCUT2D eigenvalue weighted by Gasteiger charge is 2.28. The van der Waals surface area contributed by atoms with Gasteiger partial charge in [0.05, 0.1) is 17.7 Å². The minimum Gasteiger partial charge on any atom is -0.365 e. The van der Waals surface area contributed by atoms with E-state index in [4.69, 9.17) is 0 Å².